The van der Waals surface area contributed by atoms with Crippen LogP contribution in [0.15, 0.2) is 47.4 Å². The molecule has 0 bridgehead atoms. The molecule has 8 heteroatoms. The van der Waals surface area contributed by atoms with E-state index < -0.39 is 5.69 Å². The van der Waals surface area contributed by atoms with Crippen LogP contribution in [0.3, 0.4) is 0 Å². The van der Waals surface area contributed by atoms with E-state index in [9.17, 15) is 15.0 Å². The van der Waals surface area contributed by atoms with Crippen molar-refractivity contribution in [3.05, 3.63) is 58.6 Å². The molecule has 0 atom stereocenters. The molecule has 0 aliphatic carbocycles. The lowest BCUT2D eigenvalue weighted by Crippen LogP contribution is -2.28. The summed E-state index contributed by atoms with van der Waals surface area (Å²) in [4.78, 5) is 12.7. The van der Waals surface area contributed by atoms with Gasteiger partial charge in [-0.3, -0.25) is 0 Å². The molecule has 192 valence electrons. The molecule has 1 saturated heterocycles. The summed E-state index contributed by atoms with van der Waals surface area (Å²) in [5, 5.41) is 31.9. The molecule has 0 amide bonds. The van der Waals surface area contributed by atoms with Crippen LogP contribution in [-0.4, -0.2) is 42.6 Å². The molecule has 1 fully saturated rings. The lowest BCUT2D eigenvalue weighted by Gasteiger charge is -2.22. The highest BCUT2D eigenvalue weighted by molar-refractivity contribution is 5.83. The molecular weight excluding hydrogens is 454 g/mol. The third-order valence-electron chi connectivity index (χ3n) is 6.93. The summed E-state index contributed by atoms with van der Waals surface area (Å²) in [5.74, 6) is 0.993. The second-order valence-electron chi connectivity index (χ2n) is 9.50. The maximum atomic E-state index is 12.7. The van der Waals surface area contributed by atoms with Gasteiger partial charge in [-0.2, -0.15) is 5.10 Å². The van der Waals surface area contributed by atoms with E-state index in [1.165, 1.54) is 23.5 Å². The predicted molar refractivity (Wildman–Crippen MR) is 144 cm³/mol. The molecule has 5 rings (SSSR count). The number of rotatable bonds is 6. The maximum absolute atomic E-state index is 12.7. The molecule has 0 radical (unpaired) electrons. The first-order chi connectivity index (χ1) is 17.4. The minimum atomic E-state index is -0.390. The van der Waals surface area contributed by atoms with Crippen LogP contribution < -0.4 is 11.0 Å². The normalized spacial score (nSPS) is 14.2. The number of aromatic hydroxyl groups is 2. The average Bonchev–Trinajstić information content (AvgIpc) is 3.47. The summed E-state index contributed by atoms with van der Waals surface area (Å²) < 4.78 is 3.74. The third kappa shape index (κ3) is 5.04. The number of hydrogen-bond acceptors (Lipinski definition) is 5. The van der Waals surface area contributed by atoms with Crippen LogP contribution in [0.4, 0.5) is 0 Å². The first-order valence-electron chi connectivity index (χ1n) is 13.0. The van der Waals surface area contributed by atoms with E-state index >= 15 is 0 Å². The Hall–Kier alpha value is -3.52. The van der Waals surface area contributed by atoms with Gasteiger partial charge in [0.25, 0.3) is 0 Å². The van der Waals surface area contributed by atoms with Crippen LogP contribution in [0.2, 0.25) is 0 Å². The predicted octanol–water partition coefficient (Wildman–Crippen LogP) is 5.13. The standard InChI is InChI=1S/C26H31N5O3.C2H6/c1-16(2)20-14-21(24(33)15-23(20)32)25-28-29-26(34)31(25)19-3-4-22-18(13-19)8-12-30(22)11-7-17-5-9-27-10-6-17;1-2/h3-4,8,12-17,27,32-33H,5-7,9-11H2,1-2H3,(H,29,34);1-2H3. The fraction of sp³-hybridized carbons (Fsp3) is 0.429. The van der Waals surface area contributed by atoms with Crippen LogP contribution in [0.1, 0.15) is 58.4 Å². The van der Waals surface area contributed by atoms with Crippen molar-refractivity contribution in [3.8, 4) is 28.6 Å². The van der Waals surface area contributed by atoms with Gasteiger partial charge >= 0.3 is 5.69 Å². The molecule has 4 N–H and O–H groups in total. The van der Waals surface area contributed by atoms with Gasteiger partial charge in [-0.05, 0) is 80.1 Å². The molecule has 2 aromatic carbocycles. The number of aromatic nitrogens is 4. The molecule has 3 heterocycles. The molecule has 4 aromatic rings. The summed E-state index contributed by atoms with van der Waals surface area (Å²) in [7, 11) is 0. The number of aromatic amines is 1. The van der Waals surface area contributed by atoms with Gasteiger partial charge in [0.05, 0.1) is 11.3 Å². The Kier molecular flexibility index (Phi) is 7.84. The molecule has 0 spiro atoms. The molecular formula is C28H37N5O3. The first-order valence-corrected chi connectivity index (χ1v) is 13.0. The number of aryl methyl sites for hydroxylation is 1. The number of H-pyrrole nitrogens is 1. The van der Waals surface area contributed by atoms with Crippen molar-refractivity contribution in [2.45, 2.75) is 59.4 Å². The first kappa shape index (κ1) is 25.6. The summed E-state index contributed by atoms with van der Waals surface area (Å²) in [5.41, 5.74) is 2.47. The molecule has 1 aliphatic rings. The Balaban J connectivity index is 0.00000148. The number of nitrogens with zero attached hydrogens (tertiary/aromatic N) is 3. The Morgan fingerprint density at radius 3 is 2.53 bits per heavy atom. The van der Waals surface area contributed by atoms with Crippen molar-refractivity contribution in [1.29, 1.82) is 0 Å². The van der Waals surface area contributed by atoms with Gasteiger partial charge in [-0.1, -0.05) is 27.7 Å². The smallest absolute Gasteiger partial charge is 0.348 e. The Morgan fingerprint density at radius 1 is 1.06 bits per heavy atom. The van der Waals surface area contributed by atoms with Gasteiger partial charge in [0.15, 0.2) is 5.82 Å². The second-order valence-corrected chi connectivity index (χ2v) is 9.50. The van der Waals surface area contributed by atoms with Crippen LogP contribution in [0, 0.1) is 5.92 Å². The maximum Gasteiger partial charge on any atom is 0.348 e. The number of fused-ring (bicyclic) bond motifs is 1. The topological polar surface area (TPSA) is 108 Å². The van der Waals surface area contributed by atoms with Gasteiger partial charge in [-0.25, -0.2) is 14.5 Å². The SMILES string of the molecule is CC.CC(C)c1cc(-c2n[nH]c(=O)n2-c2ccc3c(ccn3CCC3CCNCC3)c2)c(O)cc1O. The highest BCUT2D eigenvalue weighted by Gasteiger charge is 2.20. The molecule has 8 nitrogen and oxygen atoms in total. The monoisotopic (exact) mass is 491 g/mol. The van der Waals surface area contributed by atoms with E-state index in [1.807, 2.05) is 45.9 Å². The molecule has 36 heavy (non-hydrogen) atoms. The van der Waals surface area contributed by atoms with Crippen molar-refractivity contribution in [3.63, 3.8) is 0 Å². The number of nitrogens with one attached hydrogen (secondary N) is 2. The van der Waals surface area contributed by atoms with E-state index in [1.54, 1.807) is 6.07 Å². The van der Waals surface area contributed by atoms with E-state index in [0.717, 1.165) is 42.9 Å². The molecule has 1 aliphatic heterocycles. The van der Waals surface area contributed by atoms with E-state index in [-0.39, 0.29) is 17.4 Å². The van der Waals surface area contributed by atoms with Gasteiger partial charge < -0.3 is 20.1 Å². The number of benzene rings is 2. The van der Waals surface area contributed by atoms with Crippen LogP contribution in [0.5, 0.6) is 11.5 Å². The van der Waals surface area contributed by atoms with Gasteiger partial charge in [0.1, 0.15) is 11.5 Å². The van der Waals surface area contributed by atoms with Crippen molar-refractivity contribution in [1.82, 2.24) is 24.6 Å². The van der Waals surface area contributed by atoms with Crippen LogP contribution >= 0.6 is 0 Å². The lowest BCUT2D eigenvalue weighted by atomic mass is 9.95. The van der Waals surface area contributed by atoms with E-state index in [4.69, 9.17) is 0 Å². The Morgan fingerprint density at radius 2 is 1.81 bits per heavy atom. The third-order valence-corrected chi connectivity index (χ3v) is 6.93. The van der Waals surface area contributed by atoms with Crippen molar-refractivity contribution < 1.29 is 10.2 Å². The van der Waals surface area contributed by atoms with Crippen molar-refractivity contribution in [2.24, 2.45) is 5.92 Å². The molecule has 0 saturated carbocycles. The highest BCUT2D eigenvalue weighted by atomic mass is 16.3. The van der Waals surface area contributed by atoms with Crippen LogP contribution in [-0.2, 0) is 6.54 Å². The fourth-order valence-corrected chi connectivity index (χ4v) is 4.97. The Bertz CT molecular complexity index is 1380. The van der Waals surface area contributed by atoms with Gasteiger partial charge in [-0.15, -0.1) is 0 Å². The minimum Gasteiger partial charge on any atom is -0.508 e. The average molecular weight is 492 g/mol. The largest absolute Gasteiger partial charge is 0.508 e. The number of piperidine rings is 1. The number of hydrogen-bond donors (Lipinski definition) is 4. The van der Waals surface area contributed by atoms with Crippen LogP contribution in [0.25, 0.3) is 28.0 Å². The number of phenols is 2. The molecule has 0 unspecified atom stereocenters. The summed E-state index contributed by atoms with van der Waals surface area (Å²) in [6, 6.07) is 11.0. The summed E-state index contributed by atoms with van der Waals surface area (Å²) in [6.07, 6.45) is 5.74. The van der Waals surface area contributed by atoms with Gasteiger partial charge in [0, 0.05) is 29.7 Å². The highest BCUT2D eigenvalue weighted by Crippen LogP contribution is 2.37. The van der Waals surface area contributed by atoms with Gasteiger partial charge in [0.2, 0.25) is 0 Å². The number of phenolic OH excluding ortho intramolecular Hbond substituents is 2. The quantitative estimate of drug-likeness (QED) is 0.299. The molecule has 2 aromatic heterocycles. The van der Waals surface area contributed by atoms with E-state index in [2.05, 4.69) is 32.3 Å². The van der Waals surface area contributed by atoms with Crippen molar-refractivity contribution >= 4 is 10.9 Å². The Labute approximate surface area is 211 Å². The zero-order valence-corrected chi connectivity index (χ0v) is 21.6. The zero-order chi connectivity index (χ0) is 25.8. The zero-order valence-electron chi connectivity index (χ0n) is 21.6. The van der Waals surface area contributed by atoms with Crippen molar-refractivity contribution in [2.75, 3.05) is 13.1 Å². The van der Waals surface area contributed by atoms with E-state index in [0.29, 0.717) is 22.6 Å². The summed E-state index contributed by atoms with van der Waals surface area (Å²) >= 11 is 0. The fourth-order valence-electron chi connectivity index (χ4n) is 4.97. The minimum absolute atomic E-state index is 0.0212. The lowest BCUT2D eigenvalue weighted by molar-refractivity contribution is 0.339. The summed E-state index contributed by atoms with van der Waals surface area (Å²) in [6.45, 7) is 11.1. The second kappa shape index (κ2) is 11.0.